The van der Waals surface area contributed by atoms with Gasteiger partial charge in [0.25, 0.3) is 0 Å². The fourth-order valence-electron chi connectivity index (χ4n) is 1.51. The quantitative estimate of drug-likeness (QED) is 0.412. The minimum atomic E-state index is 0.402. The average Bonchev–Trinajstić information content (AvgIpc) is 2.44. The van der Waals surface area contributed by atoms with Gasteiger partial charge in [0.15, 0.2) is 0 Å². The van der Waals surface area contributed by atoms with Crippen LogP contribution in [-0.4, -0.2) is 40.0 Å². The van der Waals surface area contributed by atoms with Crippen LogP contribution in [-0.2, 0) is 9.47 Å². The van der Waals surface area contributed by atoms with Crippen molar-refractivity contribution in [2.45, 2.75) is 39.0 Å². The van der Waals surface area contributed by atoms with Crippen molar-refractivity contribution >= 4 is 0 Å². The van der Waals surface area contributed by atoms with E-state index in [1.54, 1.807) is 0 Å². The van der Waals surface area contributed by atoms with E-state index in [9.17, 15) is 0 Å². The Bertz CT molecular complexity index is 259. The van der Waals surface area contributed by atoms with Crippen LogP contribution in [0.5, 0.6) is 0 Å². The van der Waals surface area contributed by atoms with Crippen LogP contribution in [0.15, 0.2) is 11.6 Å². The Morgan fingerprint density at radius 3 is 2.63 bits per heavy atom. The lowest BCUT2D eigenvalue weighted by atomic mass is 10.2. The zero-order chi connectivity index (χ0) is 14.2. The fourth-order valence-corrected chi connectivity index (χ4v) is 1.51. The van der Waals surface area contributed by atoms with E-state index in [1.807, 2.05) is 13.1 Å². The molecule has 0 saturated carbocycles. The molecule has 0 fully saturated rings. The van der Waals surface area contributed by atoms with Crippen molar-refractivity contribution in [1.82, 2.24) is 5.32 Å². The number of nitriles is 1. The lowest BCUT2D eigenvalue weighted by Gasteiger charge is -2.04. The van der Waals surface area contributed by atoms with Gasteiger partial charge in [0.2, 0.25) is 0 Å². The SMILES string of the molecule is CCCCOCCOCC(C#N)=CCCCCNC. The van der Waals surface area contributed by atoms with E-state index in [0.29, 0.717) is 19.8 Å². The molecule has 110 valence electrons. The number of rotatable bonds is 13. The number of hydrogen-bond acceptors (Lipinski definition) is 4. The molecule has 0 spiro atoms. The second-order valence-corrected chi connectivity index (χ2v) is 4.46. The second-order valence-electron chi connectivity index (χ2n) is 4.46. The van der Waals surface area contributed by atoms with E-state index >= 15 is 0 Å². The van der Waals surface area contributed by atoms with Gasteiger partial charge in [-0.15, -0.1) is 0 Å². The van der Waals surface area contributed by atoms with Crippen LogP contribution in [0.25, 0.3) is 0 Å². The molecule has 0 unspecified atom stereocenters. The highest BCUT2D eigenvalue weighted by Crippen LogP contribution is 2.01. The maximum absolute atomic E-state index is 8.96. The summed E-state index contributed by atoms with van der Waals surface area (Å²) in [6.07, 6.45) is 7.41. The van der Waals surface area contributed by atoms with Gasteiger partial charge >= 0.3 is 0 Å². The van der Waals surface area contributed by atoms with Crippen molar-refractivity contribution in [2.75, 3.05) is 40.0 Å². The predicted molar refractivity (Wildman–Crippen MR) is 78.0 cm³/mol. The summed E-state index contributed by atoms with van der Waals surface area (Å²) in [7, 11) is 1.95. The third kappa shape index (κ3) is 13.3. The molecule has 0 bridgehead atoms. The van der Waals surface area contributed by atoms with E-state index in [0.717, 1.165) is 50.8 Å². The van der Waals surface area contributed by atoms with Gasteiger partial charge in [-0.05, 0) is 39.3 Å². The van der Waals surface area contributed by atoms with Crippen LogP contribution in [0.3, 0.4) is 0 Å². The topological polar surface area (TPSA) is 54.3 Å². The summed E-state index contributed by atoms with van der Waals surface area (Å²) in [5.41, 5.74) is 0.720. The molecule has 0 rings (SSSR count). The van der Waals surface area contributed by atoms with Crippen LogP contribution in [0, 0.1) is 11.3 Å². The average molecular weight is 268 g/mol. The molecule has 1 N–H and O–H groups in total. The molecule has 0 atom stereocenters. The standard InChI is InChI=1S/C15H28N2O2/c1-3-4-10-18-11-12-19-14-15(13-16)8-6-5-7-9-17-2/h8,17H,3-7,9-12,14H2,1-2H3. The second kappa shape index (κ2) is 15.2. The zero-order valence-electron chi connectivity index (χ0n) is 12.4. The molecule has 19 heavy (non-hydrogen) atoms. The molecular formula is C15H28N2O2. The zero-order valence-corrected chi connectivity index (χ0v) is 12.4. The van der Waals surface area contributed by atoms with Crippen LogP contribution in [0.2, 0.25) is 0 Å². The van der Waals surface area contributed by atoms with Crippen molar-refractivity contribution in [3.8, 4) is 6.07 Å². The van der Waals surface area contributed by atoms with Crippen molar-refractivity contribution in [3.63, 3.8) is 0 Å². The Morgan fingerprint density at radius 2 is 1.95 bits per heavy atom. The maximum Gasteiger partial charge on any atom is 0.0968 e. The number of hydrogen-bond donors (Lipinski definition) is 1. The molecule has 0 radical (unpaired) electrons. The Balaban J connectivity index is 3.48. The van der Waals surface area contributed by atoms with Crippen LogP contribution in [0.1, 0.15) is 39.0 Å². The van der Waals surface area contributed by atoms with Gasteiger partial charge in [-0.3, -0.25) is 0 Å². The molecule has 0 aromatic heterocycles. The van der Waals surface area contributed by atoms with Crippen molar-refractivity contribution < 1.29 is 9.47 Å². The van der Waals surface area contributed by atoms with E-state index in [1.165, 1.54) is 0 Å². The molecule has 0 saturated heterocycles. The molecular weight excluding hydrogens is 240 g/mol. The molecule has 0 heterocycles. The first-order chi connectivity index (χ1) is 9.35. The van der Waals surface area contributed by atoms with Crippen LogP contribution < -0.4 is 5.32 Å². The van der Waals surface area contributed by atoms with E-state index in [2.05, 4.69) is 18.3 Å². The van der Waals surface area contributed by atoms with E-state index in [4.69, 9.17) is 14.7 Å². The van der Waals surface area contributed by atoms with Crippen molar-refractivity contribution in [2.24, 2.45) is 0 Å². The summed E-state index contributed by atoms with van der Waals surface area (Å²) in [6, 6.07) is 2.18. The highest BCUT2D eigenvalue weighted by atomic mass is 16.5. The van der Waals surface area contributed by atoms with E-state index < -0.39 is 0 Å². The highest BCUT2D eigenvalue weighted by Gasteiger charge is 1.96. The summed E-state index contributed by atoms with van der Waals surface area (Å²) in [5.74, 6) is 0. The number of unbranched alkanes of at least 4 members (excludes halogenated alkanes) is 3. The molecule has 0 aliphatic heterocycles. The van der Waals surface area contributed by atoms with Crippen molar-refractivity contribution in [1.29, 1.82) is 5.26 Å². The van der Waals surface area contributed by atoms with Crippen molar-refractivity contribution in [3.05, 3.63) is 11.6 Å². The largest absolute Gasteiger partial charge is 0.379 e. The normalized spacial score (nSPS) is 11.5. The van der Waals surface area contributed by atoms with Gasteiger partial charge in [-0.25, -0.2) is 0 Å². The summed E-state index contributed by atoms with van der Waals surface area (Å²) < 4.78 is 10.8. The molecule has 0 amide bonds. The number of ether oxygens (including phenoxy) is 2. The first-order valence-electron chi connectivity index (χ1n) is 7.24. The maximum atomic E-state index is 8.96. The van der Waals surface area contributed by atoms with Gasteiger partial charge < -0.3 is 14.8 Å². The molecule has 0 aromatic carbocycles. The first-order valence-corrected chi connectivity index (χ1v) is 7.24. The van der Waals surface area contributed by atoms with Gasteiger partial charge in [0, 0.05) is 6.61 Å². The number of allylic oxidation sites excluding steroid dienone is 1. The van der Waals surface area contributed by atoms with Gasteiger partial charge in [-0.1, -0.05) is 19.4 Å². The van der Waals surface area contributed by atoms with Crippen LogP contribution >= 0.6 is 0 Å². The Morgan fingerprint density at radius 1 is 1.16 bits per heavy atom. The monoisotopic (exact) mass is 268 g/mol. The Labute approximate surface area is 117 Å². The Kier molecular flexibility index (Phi) is 14.5. The van der Waals surface area contributed by atoms with Gasteiger partial charge in [0.05, 0.1) is 31.5 Å². The molecule has 0 aliphatic rings. The Hall–Kier alpha value is -0.890. The predicted octanol–water partition coefficient (Wildman–Crippen LogP) is 2.66. The summed E-state index contributed by atoms with van der Waals surface area (Å²) in [6.45, 7) is 5.54. The summed E-state index contributed by atoms with van der Waals surface area (Å²) in [4.78, 5) is 0. The number of nitrogens with one attached hydrogen (secondary N) is 1. The highest BCUT2D eigenvalue weighted by molar-refractivity contribution is 5.20. The minimum absolute atomic E-state index is 0.402. The first kappa shape index (κ1) is 18.1. The van der Waals surface area contributed by atoms with Gasteiger partial charge in [0.1, 0.15) is 0 Å². The summed E-state index contributed by atoms with van der Waals surface area (Å²) >= 11 is 0. The van der Waals surface area contributed by atoms with Gasteiger partial charge in [-0.2, -0.15) is 5.26 Å². The lowest BCUT2D eigenvalue weighted by Crippen LogP contribution is -2.07. The molecule has 4 nitrogen and oxygen atoms in total. The minimum Gasteiger partial charge on any atom is -0.379 e. The number of nitrogens with zero attached hydrogens (tertiary/aromatic N) is 1. The van der Waals surface area contributed by atoms with Crippen LogP contribution in [0.4, 0.5) is 0 Å². The molecule has 4 heteroatoms. The van der Waals surface area contributed by atoms with E-state index in [-0.39, 0.29) is 0 Å². The smallest absolute Gasteiger partial charge is 0.0968 e. The molecule has 0 aliphatic carbocycles. The fraction of sp³-hybridized carbons (Fsp3) is 0.800. The molecule has 0 aromatic rings. The lowest BCUT2D eigenvalue weighted by molar-refractivity contribution is 0.0558. The third-order valence-electron chi connectivity index (χ3n) is 2.69. The summed E-state index contributed by atoms with van der Waals surface area (Å²) in [5, 5.41) is 12.1. The third-order valence-corrected chi connectivity index (χ3v) is 2.69.